The molecule has 0 amide bonds. The number of aliphatic carboxylic acids is 1. The summed E-state index contributed by atoms with van der Waals surface area (Å²) >= 11 is 2.81. The first-order valence-electron chi connectivity index (χ1n) is 3.76. The van der Waals surface area contributed by atoms with Crippen molar-refractivity contribution >= 4 is 27.6 Å². The van der Waals surface area contributed by atoms with Gasteiger partial charge >= 0.3 is 11.7 Å². The topological polar surface area (TPSA) is 80.4 Å². The van der Waals surface area contributed by atoms with Crippen LogP contribution >= 0.6 is 15.9 Å². The molecule has 0 saturated heterocycles. The molecule has 15 heavy (non-hydrogen) atoms. The highest BCUT2D eigenvalue weighted by Crippen LogP contribution is 2.29. The molecule has 1 rings (SSSR count). The van der Waals surface area contributed by atoms with E-state index >= 15 is 0 Å². The van der Waals surface area contributed by atoms with E-state index in [1.165, 1.54) is 6.07 Å². The number of halogens is 2. The van der Waals surface area contributed by atoms with E-state index in [9.17, 15) is 19.3 Å². The molecule has 0 atom stereocenters. The zero-order valence-electron chi connectivity index (χ0n) is 7.24. The Labute approximate surface area is 91.8 Å². The average molecular weight is 278 g/mol. The predicted octanol–water partition coefficient (Wildman–Crippen LogP) is 2.12. The van der Waals surface area contributed by atoms with E-state index in [0.717, 1.165) is 6.07 Å². The summed E-state index contributed by atoms with van der Waals surface area (Å²) in [6, 6.07) is 2.06. The van der Waals surface area contributed by atoms with Gasteiger partial charge in [0.05, 0.1) is 15.8 Å². The van der Waals surface area contributed by atoms with Gasteiger partial charge in [-0.15, -0.1) is 0 Å². The van der Waals surface area contributed by atoms with Crippen LogP contribution in [0.25, 0.3) is 0 Å². The van der Waals surface area contributed by atoms with Crippen molar-refractivity contribution < 1.29 is 19.2 Å². The van der Waals surface area contributed by atoms with Gasteiger partial charge in [-0.1, -0.05) is 0 Å². The molecule has 0 radical (unpaired) electrons. The molecule has 0 spiro atoms. The minimum atomic E-state index is -1.13. The van der Waals surface area contributed by atoms with Crippen LogP contribution in [0.15, 0.2) is 16.6 Å². The maximum atomic E-state index is 13.1. The van der Waals surface area contributed by atoms with Crippen molar-refractivity contribution in [3.05, 3.63) is 38.1 Å². The van der Waals surface area contributed by atoms with Gasteiger partial charge in [0, 0.05) is 0 Å². The molecule has 0 aromatic heterocycles. The van der Waals surface area contributed by atoms with Gasteiger partial charge in [0.15, 0.2) is 0 Å². The van der Waals surface area contributed by atoms with Crippen LogP contribution in [0.2, 0.25) is 0 Å². The predicted molar refractivity (Wildman–Crippen MR) is 52.1 cm³/mol. The number of hydrogen-bond donors (Lipinski definition) is 1. The van der Waals surface area contributed by atoms with Crippen LogP contribution in [0.4, 0.5) is 10.1 Å². The minimum Gasteiger partial charge on any atom is -0.481 e. The monoisotopic (exact) mass is 277 g/mol. The second-order valence-electron chi connectivity index (χ2n) is 2.74. The Hall–Kier alpha value is -1.50. The molecule has 0 aliphatic rings. The van der Waals surface area contributed by atoms with E-state index in [0.29, 0.717) is 0 Å². The number of carboxylic acids is 1. The maximum absolute atomic E-state index is 13.1. The van der Waals surface area contributed by atoms with E-state index in [1.54, 1.807) is 0 Å². The third-order valence-corrected chi connectivity index (χ3v) is 2.22. The van der Waals surface area contributed by atoms with Gasteiger partial charge in [0.1, 0.15) is 0 Å². The lowest BCUT2D eigenvalue weighted by atomic mass is 10.1. The molecule has 0 aliphatic heterocycles. The van der Waals surface area contributed by atoms with Crippen molar-refractivity contribution in [1.82, 2.24) is 0 Å². The van der Waals surface area contributed by atoms with Crippen LogP contribution in [0, 0.1) is 15.9 Å². The second-order valence-corrected chi connectivity index (χ2v) is 3.59. The van der Waals surface area contributed by atoms with Crippen LogP contribution in [0.5, 0.6) is 0 Å². The second kappa shape index (κ2) is 4.35. The third kappa shape index (κ3) is 2.72. The number of hydrogen-bond acceptors (Lipinski definition) is 3. The highest BCUT2D eigenvalue weighted by atomic mass is 79.9. The first-order chi connectivity index (χ1) is 6.91. The Morgan fingerprint density at radius 1 is 1.60 bits per heavy atom. The van der Waals surface area contributed by atoms with E-state index in [4.69, 9.17) is 5.11 Å². The standard InChI is InChI=1S/C8H5BrFNO4/c9-5-1-4(3-7(12)13)2-6(10)8(5)11(14)15/h1-2H,3H2,(H,12,13). The Kier molecular flexibility index (Phi) is 3.35. The number of rotatable bonds is 3. The highest BCUT2D eigenvalue weighted by Gasteiger charge is 2.20. The Balaban J connectivity index is 3.19. The molecule has 7 heteroatoms. The van der Waals surface area contributed by atoms with Crippen LogP contribution in [-0.2, 0) is 11.2 Å². The van der Waals surface area contributed by atoms with Crippen molar-refractivity contribution in [3.8, 4) is 0 Å². The van der Waals surface area contributed by atoms with Gasteiger partial charge in [-0.3, -0.25) is 14.9 Å². The number of nitrogens with zero attached hydrogens (tertiary/aromatic N) is 1. The fourth-order valence-corrected chi connectivity index (χ4v) is 1.70. The van der Waals surface area contributed by atoms with Crippen molar-refractivity contribution in [2.75, 3.05) is 0 Å². The number of nitro groups is 1. The molecule has 1 aromatic rings. The van der Waals surface area contributed by atoms with E-state index < -0.39 is 22.4 Å². The number of carbonyl (C=O) groups is 1. The molecule has 1 aromatic carbocycles. The van der Waals surface area contributed by atoms with Crippen LogP contribution in [0.3, 0.4) is 0 Å². The largest absolute Gasteiger partial charge is 0.481 e. The molecule has 0 bridgehead atoms. The molecule has 0 saturated carbocycles. The van der Waals surface area contributed by atoms with Crippen LogP contribution < -0.4 is 0 Å². The zero-order valence-corrected chi connectivity index (χ0v) is 8.82. The van der Waals surface area contributed by atoms with E-state index in [2.05, 4.69) is 15.9 Å². The first-order valence-corrected chi connectivity index (χ1v) is 4.55. The summed E-state index contributed by atoms with van der Waals surface area (Å²) in [6.07, 6.45) is -0.381. The normalized spacial score (nSPS) is 10.0. The molecule has 0 aliphatic carbocycles. The Bertz CT molecular complexity index is 412. The molecular weight excluding hydrogens is 273 g/mol. The van der Waals surface area contributed by atoms with Crippen LogP contribution in [0.1, 0.15) is 5.56 Å². The van der Waals surface area contributed by atoms with E-state index in [-0.39, 0.29) is 16.5 Å². The van der Waals surface area contributed by atoms with Crippen molar-refractivity contribution in [3.63, 3.8) is 0 Å². The summed E-state index contributed by atoms with van der Waals surface area (Å²) < 4.78 is 13.1. The zero-order chi connectivity index (χ0) is 11.6. The van der Waals surface area contributed by atoms with Gasteiger partial charge in [0.25, 0.3) is 0 Å². The first kappa shape index (κ1) is 11.6. The molecule has 5 nitrogen and oxygen atoms in total. The quantitative estimate of drug-likeness (QED) is 0.678. The minimum absolute atomic E-state index is 0.0660. The lowest BCUT2D eigenvalue weighted by Gasteiger charge is -2.01. The smallest absolute Gasteiger partial charge is 0.318 e. The Morgan fingerprint density at radius 3 is 2.60 bits per heavy atom. The van der Waals surface area contributed by atoms with Crippen molar-refractivity contribution in [2.45, 2.75) is 6.42 Å². The molecule has 1 N–H and O–H groups in total. The molecule has 0 heterocycles. The molecule has 80 valence electrons. The lowest BCUT2D eigenvalue weighted by molar-refractivity contribution is -0.388. The van der Waals surface area contributed by atoms with E-state index in [1.807, 2.05) is 0 Å². The third-order valence-electron chi connectivity index (χ3n) is 1.61. The fourth-order valence-electron chi connectivity index (χ4n) is 1.07. The molecule has 0 unspecified atom stereocenters. The van der Waals surface area contributed by atoms with Crippen LogP contribution in [-0.4, -0.2) is 16.0 Å². The van der Waals surface area contributed by atoms with Gasteiger partial charge < -0.3 is 5.11 Å². The van der Waals surface area contributed by atoms with Gasteiger partial charge in [-0.05, 0) is 33.6 Å². The summed E-state index contributed by atoms with van der Waals surface area (Å²) in [5.41, 5.74) is -0.526. The molecule has 0 fully saturated rings. The summed E-state index contributed by atoms with van der Waals surface area (Å²) in [4.78, 5) is 19.9. The number of carboxylic acid groups (broad SMARTS) is 1. The summed E-state index contributed by atoms with van der Waals surface area (Å²) in [5.74, 6) is -2.18. The van der Waals surface area contributed by atoms with Gasteiger partial charge in [0.2, 0.25) is 5.82 Å². The maximum Gasteiger partial charge on any atom is 0.318 e. The number of nitro benzene ring substituents is 1. The number of benzene rings is 1. The SMILES string of the molecule is O=C(O)Cc1cc(F)c([N+](=O)[O-])c(Br)c1. The van der Waals surface area contributed by atoms with Crippen molar-refractivity contribution in [1.29, 1.82) is 0 Å². The van der Waals surface area contributed by atoms with Crippen molar-refractivity contribution in [2.24, 2.45) is 0 Å². The fraction of sp³-hybridized carbons (Fsp3) is 0.125. The lowest BCUT2D eigenvalue weighted by Crippen LogP contribution is -2.02. The highest BCUT2D eigenvalue weighted by molar-refractivity contribution is 9.10. The van der Waals surface area contributed by atoms with Gasteiger partial charge in [-0.2, -0.15) is 4.39 Å². The summed E-state index contributed by atoms with van der Waals surface area (Å²) in [7, 11) is 0. The Morgan fingerprint density at radius 2 is 2.20 bits per heavy atom. The molecular formula is C8H5BrFNO4. The summed E-state index contributed by atoms with van der Waals surface area (Å²) in [6.45, 7) is 0. The van der Waals surface area contributed by atoms with Gasteiger partial charge in [-0.25, -0.2) is 0 Å². The summed E-state index contributed by atoms with van der Waals surface area (Å²) in [5, 5.41) is 18.9. The average Bonchev–Trinajstić information content (AvgIpc) is 1.99.